The lowest BCUT2D eigenvalue weighted by Gasteiger charge is -2.10. The molecule has 0 atom stereocenters. The number of quaternary nitrogens is 1. The van der Waals surface area contributed by atoms with E-state index in [1.807, 2.05) is 30.3 Å². The number of furan rings is 1. The Labute approximate surface area is 134 Å². The van der Waals surface area contributed by atoms with Gasteiger partial charge in [0.2, 0.25) is 0 Å². The molecule has 0 amide bonds. The van der Waals surface area contributed by atoms with Gasteiger partial charge in [-0.1, -0.05) is 24.3 Å². The van der Waals surface area contributed by atoms with E-state index >= 15 is 0 Å². The first-order valence-corrected chi connectivity index (χ1v) is 7.60. The molecule has 0 spiro atoms. The molecule has 0 saturated heterocycles. The molecule has 4 heteroatoms. The predicted molar refractivity (Wildman–Crippen MR) is 85.2 cm³/mol. The fourth-order valence-electron chi connectivity index (χ4n) is 2.35. The second-order valence-electron chi connectivity index (χ2n) is 5.30. The van der Waals surface area contributed by atoms with E-state index in [4.69, 9.17) is 9.15 Å². The lowest BCUT2D eigenvalue weighted by molar-refractivity contribution is -0.688. The van der Waals surface area contributed by atoms with Gasteiger partial charge in [-0.3, -0.25) is 0 Å². The van der Waals surface area contributed by atoms with E-state index in [1.165, 1.54) is 12.1 Å². The first kappa shape index (κ1) is 15.3. The summed E-state index contributed by atoms with van der Waals surface area (Å²) < 4.78 is 24.1. The molecular formula is C19H19FNO2+. The van der Waals surface area contributed by atoms with Gasteiger partial charge in [0.15, 0.2) is 5.76 Å². The standard InChI is InChI=1S/C19H18FNO2/c20-17-9-7-15(8-10-17)14-23-19-6-2-1-4-16(19)12-21-13-18-5-3-11-22-18/h1-11,21H,12-14H2/p+1. The molecule has 0 fully saturated rings. The van der Waals surface area contributed by atoms with Crippen molar-refractivity contribution in [1.29, 1.82) is 0 Å². The molecule has 0 saturated carbocycles. The van der Waals surface area contributed by atoms with Crippen molar-refractivity contribution in [2.24, 2.45) is 0 Å². The van der Waals surface area contributed by atoms with Gasteiger partial charge >= 0.3 is 0 Å². The number of hydrogen-bond acceptors (Lipinski definition) is 2. The summed E-state index contributed by atoms with van der Waals surface area (Å²) in [6.45, 7) is 2.02. The molecule has 3 rings (SSSR count). The highest BCUT2D eigenvalue weighted by Crippen LogP contribution is 2.18. The van der Waals surface area contributed by atoms with E-state index in [1.54, 1.807) is 18.4 Å². The maximum Gasteiger partial charge on any atom is 0.157 e. The van der Waals surface area contributed by atoms with Crippen LogP contribution in [0, 0.1) is 5.82 Å². The van der Waals surface area contributed by atoms with Crippen LogP contribution in [0.4, 0.5) is 4.39 Å². The minimum absolute atomic E-state index is 0.235. The first-order valence-electron chi connectivity index (χ1n) is 7.60. The number of halogens is 1. The Morgan fingerprint density at radius 1 is 0.913 bits per heavy atom. The molecule has 0 unspecified atom stereocenters. The fraction of sp³-hybridized carbons (Fsp3) is 0.158. The van der Waals surface area contributed by atoms with E-state index in [0.717, 1.165) is 35.7 Å². The Balaban J connectivity index is 1.57. The van der Waals surface area contributed by atoms with Crippen molar-refractivity contribution in [2.75, 3.05) is 0 Å². The summed E-state index contributed by atoms with van der Waals surface area (Å²) in [4.78, 5) is 0. The third-order valence-electron chi connectivity index (χ3n) is 3.57. The van der Waals surface area contributed by atoms with Gasteiger partial charge in [-0.2, -0.15) is 0 Å². The van der Waals surface area contributed by atoms with Crippen molar-refractivity contribution in [3.05, 3.63) is 89.6 Å². The zero-order chi connectivity index (χ0) is 15.9. The van der Waals surface area contributed by atoms with Crippen molar-refractivity contribution < 1.29 is 18.9 Å². The van der Waals surface area contributed by atoms with Crippen LogP contribution in [0.1, 0.15) is 16.9 Å². The monoisotopic (exact) mass is 312 g/mol. The Morgan fingerprint density at radius 3 is 2.52 bits per heavy atom. The SMILES string of the molecule is Fc1ccc(COc2ccccc2C[NH2+]Cc2ccco2)cc1. The summed E-state index contributed by atoms with van der Waals surface area (Å²) in [5.74, 6) is 1.57. The number of hydrogen-bond donors (Lipinski definition) is 1. The highest BCUT2D eigenvalue weighted by molar-refractivity contribution is 5.32. The average Bonchev–Trinajstić information content (AvgIpc) is 3.09. The zero-order valence-corrected chi connectivity index (χ0v) is 12.7. The van der Waals surface area contributed by atoms with E-state index in [9.17, 15) is 4.39 Å². The van der Waals surface area contributed by atoms with Gasteiger partial charge in [-0.25, -0.2) is 4.39 Å². The number of ether oxygens (including phenoxy) is 1. The number of benzene rings is 2. The van der Waals surface area contributed by atoms with Crippen LogP contribution in [0.2, 0.25) is 0 Å². The molecular weight excluding hydrogens is 293 g/mol. The molecule has 3 nitrogen and oxygen atoms in total. The summed E-state index contributed by atoms with van der Waals surface area (Å²) in [6.07, 6.45) is 1.68. The predicted octanol–water partition coefficient (Wildman–Crippen LogP) is 3.26. The maximum absolute atomic E-state index is 12.9. The molecule has 0 bridgehead atoms. The number of rotatable bonds is 7. The Kier molecular flexibility index (Phi) is 5.06. The molecule has 23 heavy (non-hydrogen) atoms. The van der Waals surface area contributed by atoms with Crippen molar-refractivity contribution >= 4 is 0 Å². The summed E-state index contributed by atoms with van der Waals surface area (Å²) in [5.41, 5.74) is 2.07. The summed E-state index contributed by atoms with van der Waals surface area (Å²) in [5, 5.41) is 2.17. The van der Waals surface area contributed by atoms with Crippen molar-refractivity contribution in [2.45, 2.75) is 19.7 Å². The molecule has 0 aliphatic carbocycles. The highest BCUT2D eigenvalue weighted by Gasteiger charge is 2.06. The summed E-state index contributed by atoms with van der Waals surface area (Å²) >= 11 is 0. The van der Waals surface area contributed by atoms with Gasteiger partial charge in [-0.05, 0) is 42.0 Å². The van der Waals surface area contributed by atoms with Crippen LogP contribution < -0.4 is 10.1 Å². The summed E-state index contributed by atoms with van der Waals surface area (Å²) in [6, 6.07) is 18.2. The second kappa shape index (κ2) is 7.61. The molecule has 0 aliphatic heterocycles. The highest BCUT2D eigenvalue weighted by atomic mass is 19.1. The second-order valence-corrected chi connectivity index (χ2v) is 5.30. The van der Waals surface area contributed by atoms with E-state index in [-0.39, 0.29) is 5.82 Å². The lowest BCUT2D eigenvalue weighted by atomic mass is 10.2. The Hall–Kier alpha value is -2.59. The third kappa shape index (κ3) is 4.44. The Bertz CT molecular complexity index is 723. The van der Waals surface area contributed by atoms with Gasteiger partial charge in [0.05, 0.1) is 6.26 Å². The van der Waals surface area contributed by atoms with Gasteiger partial charge in [0, 0.05) is 5.56 Å². The van der Waals surface area contributed by atoms with Gasteiger partial charge in [-0.15, -0.1) is 0 Å². The molecule has 0 aliphatic rings. The van der Waals surface area contributed by atoms with Crippen LogP contribution in [0.25, 0.3) is 0 Å². The normalized spacial score (nSPS) is 10.7. The van der Waals surface area contributed by atoms with E-state index in [0.29, 0.717) is 6.61 Å². The van der Waals surface area contributed by atoms with Gasteiger partial charge < -0.3 is 14.5 Å². The lowest BCUT2D eigenvalue weighted by Crippen LogP contribution is -2.80. The van der Waals surface area contributed by atoms with Gasteiger partial charge in [0.25, 0.3) is 0 Å². The number of nitrogens with two attached hydrogens (primary N) is 1. The molecule has 1 heterocycles. The largest absolute Gasteiger partial charge is 0.488 e. The van der Waals surface area contributed by atoms with Crippen LogP contribution in [0.5, 0.6) is 5.75 Å². The third-order valence-corrected chi connectivity index (χ3v) is 3.57. The number of para-hydroxylation sites is 1. The minimum atomic E-state index is -0.235. The van der Waals surface area contributed by atoms with Gasteiger partial charge in [0.1, 0.15) is 31.3 Å². The van der Waals surface area contributed by atoms with Crippen LogP contribution >= 0.6 is 0 Å². The topological polar surface area (TPSA) is 39.0 Å². The molecule has 118 valence electrons. The van der Waals surface area contributed by atoms with Crippen LogP contribution in [-0.4, -0.2) is 0 Å². The van der Waals surface area contributed by atoms with Crippen molar-refractivity contribution in [3.8, 4) is 5.75 Å². The Morgan fingerprint density at radius 2 is 1.74 bits per heavy atom. The van der Waals surface area contributed by atoms with E-state index < -0.39 is 0 Å². The quantitative estimate of drug-likeness (QED) is 0.727. The van der Waals surface area contributed by atoms with E-state index in [2.05, 4.69) is 11.4 Å². The molecule has 0 radical (unpaired) electrons. The molecule has 2 N–H and O–H groups in total. The first-order chi connectivity index (χ1) is 11.3. The molecule has 3 aromatic rings. The van der Waals surface area contributed by atoms with Crippen LogP contribution in [0.15, 0.2) is 71.3 Å². The zero-order valence-electron chi connectivity index (χ0n) is 12.7. The average molecular weight is 312 g/mol. The van der Waals surface area contributed by atoms with Crippen LogP contribution in [0.3, 0.4) is 0 Å². The minimum Gasteiger partial charge on any atom is -0.488 e. The summed E-state index contributed by atoms with van der Waals surface area (Å²) in [7, 11) is 0. The fourth-order valence-corrected chi connectivity index (χ4v) is 2.35. The molecule has 2 aromatic carbocycles. The van der Waals surface area contributed by atoms with Crippen LogP contribution in [-0.2, 0) is 19.7 Å². The van der Waals surface area contributed by atoms with Crippen molar-refractivity contribution in [1.82, 2.24) is 0 Å². The van der Waals surface area contributed by atoms with Crippen molar-refractivity contribution in [3.63, 3.8) is 0 Å². The maximum atomic E-state index is 12.9. The smallest absolute Gasteiger partial charge is 0.157 e. The molecule has 1 aromatic heterocycles.